The number of anilines is 1. The molecule has 0 heterocycles. The van der Waals surface area contributed by atoms with Gasteiger partial charge in [0.2, 0.25) is 0 Å². The van der Waals surface area contributed by atoms with Gasteiger partial charge in [-0.2, -0.15) is 0 Å². The quantitative estimate of drug-likeness (QED) is 0.864. The van der Waals surface area contributed by atoms with Crippen LogP contribution in [0.15, 0.2) is 12.1 Å². The first-order valence-electron chi connectivity index (χ1n) is 6.07. The Morgan fingerprint density at radius 3 is 2.00 bits per heavy atom. The van der Waals surface area contributed by atoms with Gasteiger partial charge in [-0.05, 0) is 42.9 Å². The van der Waals surface area contributed by atoms with Crippen molar-refractivity contribution in [3.63, 3.8) is 0 Å². The number of nitrogens with one attached hydrogen (secondary N) is 1. The van der Waals surface area contributed by atoms with E-state index in [1.165, 1.54) is 16.7 Å². The second-order valence-electron chi connectivity index (χ2n) is 5.79. The van der Waals surface area contributed by atoms with E-state index in [0.29, 0.717) is 6.54 Å². The first-order valence-corrected chi connectivity index (χ1v) is 6.07. The van der Waals surface area contributed by atoms with Crippen molar-refractivity contribution in [3.8, 4) is 0 Å². The van der Waals surface area contributed by atoms with Crippen LogP contribution in [0.5, 0.6) is 0 Å². The summed E-state index contributed by atoms with van der Waals surface area (Å²) in [5.41, 5.74) is 5.00. The minimum Gasteiger partial charge on any atom is -0.378 e. The van der Waals surface area contributed by atoms with E-state index in [0.717, 1.165) is 5.69 Å². The molecule has 1 aromatic rings. The van der Waals surface area contributed by atoms with Crippen LogP contribution in [0.1, 0.15) is 44.4 Å². The highest BCUT2D eigenvalue weighted by Gasteiger charge is 2.16. The van der Waals surface area contributed by atoms with Crippen LogP contribution in [0.3, 0.4) is 0 Å². The summed E-state index contributed by atoms with van der Waals surface area (Å²) in [7, 11) is 0. The molecule has 0 aliphatic carbocycles. The lowest BCUT2D eigenvalue weighted by molar-refractivity contribution is -0.115. The predicted molar refractivity (Wildman–Crippen MR) is 73.8 cm³/mol. The number of carbonyl (C=O) groups excluding carboxylic acids is 1. The van der Waals surface area contributed by atoms with Crippen LogP contribution in [0.2, 0.25) is 0 Å². The number of hydrogen-bond acceptors (Lipinski definition) is 2. The molecule has 0 spiro atoms. The SMILES string of the molecule is CC(=O)CNc1c(C)cc(C(C)(C)C)cc1C. The number of rotatable bonds is 3. The summed E-state index contributed by atoms with van der Waals surface area (Å²) in [5, 5.41) is 3.21. The molecule has 2 nitrogen and oxygen atoms in total. The van der Waals surface area contributed by atoms with Crippen molar-refractivity contribution >= 4 is 11.5 Å². The van der Waals surface area contributed by atoms with E-state index in [-0.39, 0.29) is 11.2 Å². The Kier molecular flexibility index (Phi) is 3.97. The number of aryl methyl sites for hydroxylation is 2. The van der Waals surface area contributed by atoms with Crippen molar-refractivity contribution < 1.29 is 4.79 Å². The summed E-state index contributed by atoms with van der Waals surface area (Å²) >= 11 is 0. The van der Waals surface area contributed by atoms with Crippen molar-refractivity contribution in [2.24, 2.45) is 0 Å². The predicted octanol–water partition coefficient (Wildman–Crippen LogP) is 3.60. The Bertz CT molecular complexity index is 404. The smallest absolute Gasteiger partial charge is 0.148 e. The van der Waals surface area contributed by atoms with Crippen LogP contribution in [0.4, 0.5) is 5.69 Å². The minimum absolute atomic E-state index is 0.156. The van der Waals surface area contributed by atoms with Gasteiger partial charge in [-0.25, -0.2) is 0 Å². The minimum atomic E-state index is 0.156. The summed E-state index contributed by atoms with van der Waals surface area (Å²) in [6, 6.07) is 4.41. The number of Topliss-reactive ketones (excluding diaryl/α,β-unsaturated/α-hetero) is 1. The van der Waals surface area contributed by atoms with Crippen molar-refractivity contribution in [3.05, 3.63) is 28.8 Å². The summed E-state index contributed by atoms with van der Waals surface area (Å²) in [6.07, 6.45) is 0. The molecular formula is C15H23NO. The normalized spacial score (nSPS) is 11.4. The average Bonchev–Trinajstić information content (AvgIpc) is 2.14. The molecule has 1 aromatic carbocycles. The molecule has 1 rings (SSSR count). The zero-order chi connectivity index (χ0) is 13.2. The molecule has 0 aromatic heterocycles. The largest absolute Gasteiger partial charge is 0.378 e. The van der Waals surface area contributed by atoms with Gasteiger partial charge in [0.05, 0.1) is 6.54 Å². The lowest BCUT2D eigenvalue weighted by Gasteiger charge is -2.22. The summed E-state index contributed by atoms with van der Waals surface area (Å²) < 4.78 is 0. The summed E-state index contributed by atoms with van der Waals surface area (Å²) in [6.45, 7) is 12.8. The third-order valence-corrected chi connectivity index (χ3v) is 2.91. The van der Waals surface area contributed by atoms with Gasteiger partial charge in [0.1, 0.15) is 5.78 Å². The maximum atomic E-state index is 11.0. The van der Waals surface area contributed by atoms with Gasteiger partial charge in [-0.3, -0.25) is 4.79 Å². The zero-order valence-corrected chi connectivity index (χ0v) is 11.8. The Morgan fingerprint density at radius 2 is 1.65 bits per heavy atom. The number of benzene rings is 1. The molecular weight excluding hydrogens is 210 g/mol. The maximum absolute atomic E-state index is 11.0. The Hall–Kier alpha value is -1.31. The zero-order valence-electron chi connectivity index (χ0n) is 11.8. The van der Waals surface area contributed by atoms with Crippen LogP contribution in [0, 0.1) is 13.8 Å². The van der Waals surface area contributed by atoms with E-state index < -0.39 is 0 Å². The number of hydrogen-bond donors (Lipinski definition) is 1. The lowest BCUT2D eigenvalue weighted by atomic mass is 9.85. The van der Waals surface area contributed by atoms with E-state index in [2.05, 4.69) is 52.1 Å². The molecule has 17 heavy (non-hydrogen) atoms. The van der Waals surface area contributed by atoms with Crippen molar-refractivity contribution in [1.82, 2.24) is 0 Å². The molecule has 0 radical (unpaired) electrons. The molecule has 0 bridgehead atoms. The summed E-state index contributed by atoms with van der Waals surface area (Å²) in [4.78, 5) is 11.0. The molecule has 0 atom stereocenters. The van der Waals surface area contributed by atoms with Crippen LogP contribution in [-0.2, 0) is 10.2 Å². The lowest BCUT2D eigenvalue weighted by Crippen LogP contribution is -2.15. The molecule has 2 heteroatoms. The first kappa shape index (κ1) is 13.8. The second-order valence-corrected chi connectivity index (χ2v) is 5.79. The van der Waals surface area contributed by atoms with Gasteiger partial charge in [-0.15, -0.1) is 0 Å². The molecule has 1 N–H and O–H groups in total. The van der Waals surface area contributed by atoms with E-state index >= 15 is 0 Å². The Morgan fingerprint density at radius 1 is 1.18 bits per heavy atom. The second kappa shape index (κ2) is 4.91. The third kappa shape index (κ3) is 3.58. The summed E-state index contributed by atoms with van der Waals surface area (Å²) in [5.74, 6) is 0.156. The van der Waals surface area contributed by atoms with E-state index in [1.807, 2.05) is 0 Å². The van der Waals surface area contributed by atoms with Gasteiger partial charge in [-0.1, -0.05) is 32.9 Å². The molecule has 0 saturated heterocycles. The third-order valence-electron chi connectivity index (χ3n) is 2.91. The van der Waals surface area contributed by atoms with Crippen LogP contribution in [-0.4, -0.2) is 12.3 Å². The van der Waals surface area contributed by atoms with Crippen molar-refractivity contribution in [2.75, 3.05) is 11.9 Å². The van der Waals surface area contributed by atoms with Crippen LogP contribution < -0.4 is 5.32 Å². The molecule has 0 aliphatic heterocycles. The Balaban J connectivity index is 3.07. The number of carbonyl (C=O) groups is 1. The maximum Gasteiger partial charge on any atom is 0.148 e. The highest BCUT2D eigenvalue weighted by molar-refractivity contribution is 5.81. The van der Waals surface area contributed by atoms with Gasteiger partial charge >= 0.3 is 0 Å². The monoisotopic (exact) mass is 233 g/mol. The molecule has 94 valence electrons. The molecule has 0 saturated carbocycles. The highest BCUT2D eigenvalue weighted by Crippen LogP contribution is 2.29. The Labute approximate surface area is 104 Å². The fraction of sp³-hybridized carbons (Fsp3) is 0.533. The van der Waals surface area contributed by atoms with E-state index in [4.69, 9.17) is 0 Å². The molecule has 0 aliphatic rings. The van der Waals surface area contributed by atoms with Gasteiger partial charge in [0.15, 0.2) is 0 Å². The topological polar surface area (TPSA) is 29.1 Å². The molecule has 0 unspecified atom stereocenters. The average molecular weight is 233 g/mol. The van der Waals surface area contributed by atoms with Gasteiger partial charge in [0.25, 0.3) is 0 Å². The van der Waals surface area contributed by atoms with Crippen LogP contribution in [0.25, 0.3) is 0 Å². The fourth-order valence-corrected chi connectivity index (χ4v) is 1.89. The van der Waals surface area contributed by atoms with E-state index in [9.17, 15) is 4.79 Å². The first-order chi connectivity index (χ1) is 7.71. The standard InChI is InChI=1S/C15H23NO/c1-10-7-13(15(4,5)6)8-11(2)14(10)16-9-12(3)17/h7-8,16H,9H2,1-6H3. The molecule has 0 fully saturated rings. The highest BCUT2D eigenvalue weighted by atomic mass is 16.1. The van der Waals surface area contributed by atoms with E-state index in [1.54, 1.807) is 6.92 Å². The fourth-order valence-electron chi connectivity index (χ4n) is 1.89. The van der Waals surface area contributed by atoms with Gasteiger partial charge < -0.3 is 5.32 Å². The van der Waals surface area contributed by atoms with Crippen molar-refractivity contribution in [2.45, 2.75) is 47.0 Å². The number of ketones is 1. The van der Waals surface area contributed by atoms with Crippen LogP contribution >= 0.6 is 0 Å². The van der Waals surface area contributed by atoms with Gasteiger partial charge in [0, 0.05) is 5.69 Å². The van der Waals surface area contributed by atoms with Crippen molar-refractivity contribution in [1.29, 1.82) is 0 Å². The molecule has 0 amide bonds.